The smallest absolute Gasteiger partial charge is 0.230 e. The highest BCUT2D eigenvalue weighted by Crippen LogP contribution is 2.24. The van der Waals surface area contributed by atoms with Gasteiger partial charge in [0.15, 0.2) is 0 Å². The number of hydrogen-bond acceptors (Lipinski definition) is 4. The summed E-state index contributed by atoms with van der Waals surface area (Å²) in [5.74, 6) is 0.161. The predicted octanol–water partition coefficient (Wildman–Crippen LogP) is 3.07. The van der Waals surface area contributed by atoms with Gasteiger partial charge >= 0.3 is 0 Å². The van der Waals surface area contributed by atoms with E-state index in [0.717, 1.165) is 11.3 Å². The van der Waals surface area contributed by atoms with Crippen LogP contribution in [-0.4, -0.2) is 25.9 Å². The fourth-order valence-electron chi connectivity index (χ4n) is 2.33. The lowest BCUT2D eigenvalue weighted by Gasteiger charge is -2.11. The molecule has 0 saturated heterocycles. The van der Waals surface area contributed by atoms with Crippen molar-refractivity contribution in [2.45, 2.75) is 13.5 Å². The number of amides is 1. The molecule has 0 aliphatic carbocycles. The highest BCUT2D eigenvalue weighted by atomic mass is 35.5. The number of benzene rings is 1. The topological polar surface area (TPSA) is 99.4 Å². The summed E-state index contributed by atoms with van der Waals surface area (Å²) in [7, 11) is 0. The number of hydrogen-bond donors (Lipinski definition) is 2. The Balaban J connectivity index is 1.68. The number of rotatable bonds is 5. The SMILES string of the molecule is CC(Cn1ccc(-c2ccc(C#N)c(Cl)c2)n1)C(=O)Nc1ccn[nH]1. The zero-order valence-corrected chi connectivity index (χ0v) is 14.2. The van der Waals surface area contributed by atoms with Crippen LogP contribution in [0.1, 0.15) is 12.5 Å². The molecule has 0 fully saturated rings. The van der Waals surface area contributed by atoms with Crippen LogP contribution >= 0.6 is 11.6 Å². The van der Waals surface area contributed by atoms with Gasteiger partial charge in [0.1, 0.15) is 11.9 Å². The minimum Gasteiger partial charge on any atom is -0.311 e. The molecule has 25 heavy (non-hydrogen) atoms. The molecule has 0 radical (unpaired) electrons. The lowest BCUT2D eigenvalue weighted by Crippen LogP contribution is -2.24. The van der Waals surface area contributed by atoms with E-state index in [9.17, 15) is 4.79 Å². The second-order valence-electron chi connectivity index (χ2n) is 5.59. The van der Waals surface area contributed by atoms with E-state index in [1.165, 1.54) is 0 Å². The van der Waals surface area contributed by atoms with Gasteiger partial charge in [-0.15, -0.1) is 0 Å². The highest BCUT2D eigenvalue weighted by Gasteiger charge is 2.15. The van der Waals surface area contributed by atoms with Gasteiger partial charge in [0.25, 0.3) is 0 Å². The van der Waals surface area contributed by atoms with E-state index in [1.54, 1.807) is 41.3 Å². The number of carbonyl (C=O) groups excluding carboxylic acids is 1. The van der Waals surface area contributed by atoms with E-state index in [4.69, 9.17) is 16.9 Å². The molecule has 1 aromatic carbocycles. The van der Waals surface area contributed by atoms with E-state index in [-0.39, 0.29) is 11.8 Å². The van der Waals surface area contributed by atoms with Crippen molar-refractivity contribution in [1.82, 2.24) is 20.0 Å². The van der Waals surface area contributed by atoms with Gasteiger partial charge in [-0.3, -0.25) is 14.6 Å². The highest BCUT2D eigenvalue weighted by molar-refractivity contribution is 6.32. The lowest BCUT2D eigenvalue weighted by atomic mass is 10.1. The first-order valence-corrected chi connectivity index (χ1v) is 7.98. The molecule has 1 unspecified atom stereocenters. The van der Waals surface area contributed by atoms with Gasteiger partial charge < -0.3 is 5.32 Å². The van der Waals surface area contributed by atoms with E-state index in [1.807, 2.05) is 19.1 Å². The van der Waals surface area contributed by atoms with E-state index < -0.39 is 0 Å². The number of aromatic amines is 1. The molecule has 126 valence electrons. The molecule has 2 N–H and O–H groups in total. The third kappa shape index (κ3) is 3.87. The van der Waals surface area contributed by atoms with Crippen LogP contribution < -0.4 is 5.32 Å². The quantitative estimate of drug-likeness (QED) is 0.735. The molecule has 0 bridgehead atoms. The Morgan fingerprint density at radius 1 is 1.44 bits per heavy atom. The molecular weight excluding hydrogens is 340 g/mol. The largest absolute Gasteiger partial charge is 0.311 e. The Bertz CT molecular complexity index is 925. The normalized spacial score (nSPS) is 11.7. The molecule has 3 aromatic rings. The molecule has 2 aromatic heterocycles. The Hall–Kier alpha value is -3.11. The number of carbonyl (C=O) groups is 1. The first-order valence-electron chi connectivity index (χ1n) is 7.60. The number of aromatic nitrogens is 4. The number of nitrogens with zero attached hydrogens (tertiary/aromatic N) is 4. The van der Waals surface area contributed by atoms with Crippen molar-refractivity contribution in [3.63, 3.8) is 0 Å². The third-order valence-electron chi connectivity index (χ3n) is 3.69. The summed E-state index contributed by atoms with van der Waals surface area (Å²) >= 11 is 6.06. The van der Waals surface area contributed by atoms with Crippen molar-refractivity contribution >= 4 is 23.3 Å². The van der Waals surface area contributed by atoms with E-state index >= 15 is 0 Å². The number of anilines is 1. The van der Waals surface area contributed by atoms with Crippen molar-refractivity contribution in [2.75, 3.05) is 5.32 Å². The van der Waals surface area contributed by atoms with Gasteiger partial charge in [0.05, 0.1) is 34.9 Å². The standard InChI is InChI=1S/C17H15ClN6O/c1-11(17(25)21-16-4-6-20-22-16)10-24-7-5-15(23-24)12-2-3-13(9-19)14(18)8-12/h2-8,11H,10H2,1H3,(H2,20,21,22,25). The van der Waals surface area contributed by atoms with Crippen LogP contribution in [0.15, 0.2) is 42.7 Å². The second-order valence-corrected chi connectivity index (χ2v) is 6.00. The van der Waals surface area contributed by atoms with E-state index in [0.29, 0.717) is 22.9 Å². The maximum atomic E-state index is 12.2. The van der Waals surface area contributed by atoms with Crippen molar-refractivity contribution in [2.24, 2.45) is 5.92 Å². The Morgan fingerprint density at radius 3 is 2.96 bits per heavy atom. The second kappa shape index (κ2) is 7.20. The molecule has 0 spiro atoms. The van der Waals surface area contributed by atoms with Gasteiger partial charge in [-0.1, -0.05) is 24.6 Å². The summed E-state index contributed by atoms with van der Waals surface area (Å²) in [5, 5.41) is 23.0. The summed E-state index contributed by atoms with van der Waals surface area (Å²) in [5.41, 5.74) is 1.97. The predicted molar refractivity (Wildman–Crippen MR) is 93.8 cm³/mol. The first-order chi connectivity index (χ1) is 12.1. The van der Waals surface area contributed by atoms with Gasteiger partial charge in [-0.2, -0.15) is 15.5 Å². The van der Waals surface area contributed by atoms with Crippen LogP contribution in [0.5, 0.6) is 0 Å². The van der Waals surface area contributed by atoms with Crippen molar-refractivity contribution in [1.29, 1.82) is 5.26 Å². The first kappa shape index (κ1) is 16.7. The molecule has 1 atom stereocenters. The number of halogens is 1. The molecular formula is C17H15ClN6O. The summed E-state index contributed by atoms with van der Waals surface area (Å²) in [4.78, 5) is 12.2. The zero-order chi connectivity index (χ0) is 17.8. The molecule has 0 aliphatic rings. The minimum absolute atomic E-state index is 0.122. The van der Waals surface area contributed by atoms with E-state index in [2.05, 4.69) is 20.6 Å². The summed E-state index contributed by atoms with van der Waals surface area (Å²) in [6.07, 6.45) is 3.38. The molecule has 0 saturated carbocycles. The van der Waals surface area contributed by atoms with Crippen molar-refractivity contribution < 1.29 is 4.79 Å². The van der Waals surface area contributed by atoms with Crippen LogP contribution in [0.4, 0.5) is 5.82 Å². The molecule has 8 heteroatoms. The molecule has 2 heterocycles. The molecule has 1 amide bonds. The summed E-state index contributed by atoms with van der Waals surface area (Å²) < 4.78 is 1.71. The average molecular weight is 355 g/mol. The number of nitrogens with one attached hydrogen (secondary N) is 2. The van der Waals surface area contributed by atoms with Gasteiger partial charge in [-0.05, 0) is 18.2 Å². The maximum Gasteiger partial charge on any atom is 0.230 e. The lowest BCUT2D eigenvalue weighted by molar-refractivity contribution is -0.119. The molecule has 7 nitrogen and oxygen atoms in total. The van der Waals surface area contributed by atoms with Crippen LogP contribution in [0.25, 0.3) is 11.3 Å². The van der Waals surface area contributed by atoms with Gasteiger partial charge in [0.2, 0.25) is 5.91 Å². The summed E-state index contributed by atoms with van der Waals surface area (Å²) in [6, 6.07) is 10.7. The Kier molecular flexibility index (Phi) is 4.82. The number of H-pyrrole nitrogens is 1. The minimum atomic E-state index is -0.277. The van der Waals surface area contributed by atoms with Crippen LogP contribution in [0.2, 0.25) is 5.02 Å². The van der Waals surface area contributed by atoms with Crippen molar-refractivity contribution in [3.8, 4) is 17.3 Å². The number of nitriles is 1. The molecule has 0 aliphatic heterocycles. The fraction of sp³-hybridized carbons (Fsp3) is 0.176. The maximum absolute atomic E-state index is 12.2. The average Bonchev–Trinajstić information content (AvgIpc) is 3.26. The Labute approximate surface area is 149 Å². The third-order valence-corrected chi connectivity index (χ3v) is 4.01. The van der Waals surface area contributed by atoms with Crippen LogP contribution in [0, 0.1) is 17.2 Å². The van der Waals surface area contributed by atoms with Gasteiger partial charge in [-0.25, -0.2) is 0 Å². The fourth-order valence-corrected chi connectivity index (χ4v) is 2.55. The summed E-state index contributed by atoms with van der Waals surface area (Å²) in [6.45, 7) is 2.26. The monoisotopic (exact) mass is 354 g/mol. The Morgan fingerprint density at radius 2 is 2.28 bits per heavy atom. The van der Waals surface area contributed by atoms with Gasteiger partial charge in [0, 0.05) is 17.8 Å². The van der Waals surface area contributed by atoms with Crippen LogP contribution in [0.3, 0.4) is 0 Å². The zero-order valence-electron chi connectivity index (χ0n) is 13.4. The van der Waals surface area contributed by atoms with Crippen LogP contribution in [-0.2, 0) is 11.3 Å². The van der Waals surface area contributed by atoms with Crippen molar-refractivity contribution in [3.05, 3.63) is 53.3 Å². The molecule has 3 rings (SSSR count).